The molecule has 0 bridgehead atoms. The highest BCUT2D eigenvalue weighted by atomic mass is 32.2. The van der Waals surface area contributed by atoms with Gasteiger partial charge in [-0.2, -0.15) is 0 Å². The Morgan fingerprint density at radius 3 is 2.60 bits per heavy atom. The van der Waals surface area contributed by atoms with Gasteiger partial charge in [0, 0.05) is 16.7 Å². The third kappa shape index (κ3) is 3.74. The van der Waals surface area contributed by atoms with E-state index in [2.05, 4.69) is 0 Å². The van der Waals surface area contributed by atoms with Crippen LogP contribution in [0.2, 0.25) is 0 Å². The number of nitro benzene ring substituents is 1. The van der Waals surface area contributed by atoms with Gasteiger partial charge in [0.15, 0.2) is 5.75 Å². The Labute approximate surface area is 121 Å². The minimum absolute atomic E-state index is 0.0229. The lowest BCUT2D eigenvalue weighted by Gasteiger charge is -2.09. The minimum atomic E-state index is -0.410. The van der Waals surface area contributed by atoms with Crippen LogP contribution in [0.3, 0.4) is 0 Å². The van der Waals surface area contributed by atoms with Crippen molar-refractivity contribution in [3.8, 4) is 5.75 Å². The molecule has 0 heterocycles. The van der Waals surface area contributed by atoms with E-state index in [9.17, 15) is 10.1 Å². The van der Waals surface area contributed by atoms with Crippen molar-refractivity contribution >= 4 is 17.4 Å². The number of benzene rings is 2. The molecule has 2 aromatic rings. The lowest BCUT2D eigenvalue weighted by atomic mass is 10.2. The summed E-state index contributed by atoms with van der Waals surface area (Å²) in [6, 6.07) is 14.9. The molecule has 4 nitrogen and oxygen atoms in total. The summed E-state index contributed by atoms with van der Waals surface area (Å²) in [5, 5.41) is 10.9. The number of aryl methyl sites for hydroxylation is 1. The van der Waals surface area contributed by atoms with Crippen molar-refractivity contribution in [2.75, 3.05) is 12.4 Å². The maximum Gasteiger partial charge on any atom is 0.311 e. The Kier molecular flexibility index (Phi) is 5.01. The maximum atomic E-state index is 10.9. The van der Waals surface area contributed by atoms with Gasteiger partial charge in [-0.3, -0.25) is 10.1 Å². The molecular weight excluding hydrogens is 274 g/mol. The van der Waals surface area contributed by atoms with Crippen molar-refractivity contribution in [2.24, 2.45) is 0 Å². The standard InChI is InChI=1S/C15H15NO3S/c1-12-6-5-9-14(16(17)18)15(12)19-10-11-20-13-7-3-2-4-8-13/h2-9H,10-11H2,1H3. The van der Waals surface area contributed by atoms with Crippen molar-refractivity contribution in [1.29, 1.82) is 0 Å². The molecule has 2 aromatic carbocycles. The van der Waals surface area contributed by atoms with Crippen LogP contribution in [0.1, 0.15) is 5.56 Å². The molecule has 104 valence electrons. The maximum absolute atomic E-state index is 10.9. The van der Waals surface area contributed by atoms with Crippen molar-refractivity contribution in [2.45, 2.75) is 11.8 Å². The SMILES string of the molecule is Cc1cccc([N+](=O)[O-])c1OCCSc1ccccc1. The van der Waals surface area contributed by atoms with Gasteiger partial charge in [0.2, 0.25) is 0 Å². The minimum Gasteiger partial charge on any atom is -0.486 e. The number of rotatable bonds is 6. The predicted molar refractivity (Wildman–Crippen MR) is 80.5 cm³/mol. The third-order valence-corrected chi connectivity index (χ3v) is 3.71. The summed E-state index contributed by atoms with van der Waals surface area (Å²) in [6.45, 7) is 2.25. The zero-order chi connectivity index (χ0) is 14.4. The zero-order valence-corrected chi connectivity index (χ0v) is 11.9. The van der Waals surface area contributed by atoms with Crippen molar-refractivity contribution in [3.63, 3.8) is 0 Å². The lowest BCUT2D eigenvalue weighted by Crippen LogP contribution is -2.04. The highest BCUT2D eigenvalue weighted by molar-refractivity contribution is 7.99. The summed E-state index contributed by atoms with van der Waals surface area (Å²) in [5.74, 6) is 1.11. The number of para-hydroxylation sites is 1. The Morgan fingerprint density at radius 2 is 1.90 bits per heavy atom. The zero-order valence-electron chi connectivity index (χ0n) is 11.1. The van der Waals surface area contributed by atoms with Crippen LogP contribution in [0.15, 0.2) is 53.4 Å². The third-order valence-electron chi connectivity index (χ3n) is 2.73. The second-order valence-electron chi connectivity index (χ2n) is 4.19. The van der Waals surface area contributed by atoms with E-state index in [-0.39, 0.29) is 5.69 Å². The summed E-state index contributed by atoms with van der Waals surface area (Å²) >= 11 is 1.66. The van der Waals surface area contributed by atoms with E-state index < -0.39 is 4.92 Å². The molecule has 5 heteroatoms. The second-order valence-corrected chi connectivity index (χ2v) is 5.36. The first-order valence-corrected chi connectivity index (χ1v) is 7.21. The first-order valence-electron chi connectivity index (χ1n) is 6.23. The van der Waals surface area contributed by atoms with E-state index in [0.717, 1.165) is 16.2 Å². The topological polar surface area (TPSA) is 52.4 Å². The van der Waals surface area contributed by atoms with Crippen LogP contribution in [0.4, 0.5) is 5.69 Å². The molecule has 0 amide bonds. The Hall–Kier alpha value is -2.01. The van der Waals surface area contributed by atoms with E-state index in [0.29, 0.717) is 12.4 Å². The van der Waals surface area contributed by atoms with Gasteiger partial charge in [-0.15, -0.1) is 11.8 Å². The Balaban J connectivity index is 1.93. The molecule has 0 aliphatic rings. The normalized spacial score (nSPS) is 10.2. The molecule has 0 spiro atoms. The summed E-state index contributed by atoms with van der Waals surface area (Å²) in [7, 11) is 0. The lowest BCUT2D eigenvalue weighted by molar-refractivity contribution is -0.385. The molecule has 0 aliphatic carbocycles. The van der Waals surface area contributed by atoms with Crippen LogP contribution in [-0.2, 0) is 0 Å². The molecule has 0 unspecified atom stereocenters. The van der Waals surface area contributed by atoms with E-state index in [1.165, 1.54) is 6.07 Å². The number of hydrogen-bond acceptors (Lipinski definition) is 4. The van der Waals surface area contributed by atoms with Gasteiger partial charge in [-0.05, 0) is 24.6 Å². The average molecular weight is 289 g/mol. The summed E-state index contributed by atoms with van der Waals surface area (Å²) in [5.41, 5.74) is 0.804. The second kappa shape index (κ2) is 6.96. The van der Waals surface area contributed by atoms with Gasteiger partial charge in [0.25, 0.3) is 0 Å². The number of hydrogen-bond donors (Lipinski definition) is 0. The van der Waals surface area contributed by atoms with Gasteiger partial charge in [-0.25, -0.2) is 0 Å². The molecule has 0 fully saturated rings. The summed E-state index contributed by atoms with van der Waals surface area (Å²) < 4.78 is 5.59. The molecule has 0 saturated heterocycles. The molecular formula is C15H15NO3S. The molecule has 0 saturated carbocycles. The quantitative estimate of drug-likeness (QED) is 0.348. The largest absolute Gasteiger partial charge is 0.486 e. The fourth-order valence-electron chi connectivity index (χ4n) is 1.79. The average Bonchev–Trinajstić information content (AvgIpc) is 2.45. The molecule has 0 N–H and O–H groups in total. The molecule has 0 aromatic heterocycles. The monoisotopic (exact) mass is 289 g/mol. The van der Waals surface area contributed by atoms with Crippen LogP contribution in [-0.4, -0.2) is 17.3 Å². The van der Waals surface area contributed by atoms with Crippen molar-refractivity contribution in [1.82, 2.24) is 0 Å². The van der Waals surface area contributed by atoms with Crippen LogP contribution in [0.25, 0.3) is 0 Å². The first kappa shape index (κ1) is 14.4. The predicted octanol–water partition coefficient (Wildman–Crippen LogP) is 4.07. The van der Waals surface area contributed by atoms with Crippen molar-refractivity contribution < 1.29 is 9.66 Å². The Bertz CT molecular complexity index is 587. The van der Waals surface area contributed by atoms with Gasteiger partial charge in [0.05, 0.1) is 11.5 Å². The van der Waals surface area contributed by atoms with E-state index in [1.807, 2.05) is 43.3 Å². The number of nitro groups is 1. The molecule has 0 radical (unpaired) electrons. The summed E-state index contributed by atoms with van der Waals surface area (Å²) in [6.07, 6.45) is 0. The van der Waals surface area contributed by atoms with Crippen LogP contribution in [0.5, 0.6) is 5.75 Å². The molecule has 0 atom stereocenters. The van der Waals surface area contributed by atoms with Crippen molar-refractivity contribution in [3.05, 3.63) is 64.2 Å². The first-order chi connectivity index (χ1) is 9.68. The van der Waals surface area contributed by atoms with Gasteiger partial charge < -0.3 is 4.74 Å². The number of thioether (sulfide) groups is 1. The van der Waals surface area contributed by atoms with Gasteiger partial charge >= 0.3 is 5.69 Å². The van der Waals surface area contributed by atoms with Crippen LogP contribution >= 0.6 is 11.8 Å². The van der Waals surface area contributed by atoms with E-state index >= 15 is 0 Å². The van der Waals surface area contributed by atoms with Crippen LogP contribution in [0, 0.1) is 17.0 Å². The van der Waals surface area contributed by atoms with E-state index in [1.54, 1.807) is 17.8 Å². The van der Waals surface area contributed by atoms with Crippen LogP contribution < -0.4 is 4.74 Å². The molecule has 20 heavy (non-hydrogen) atoms. The smallest absolute Gasteiger partial charge is 0.311 e. The number of ether oxygens (including phenoxy) is 1. The fraction of sp³-hybridized carbons (Fsp3) is 0.200. The fourth-order valence-corrected chi connectivity index (χ4v) is 2.54. The van der Waals surface area contributed by atoms with Gasteiger partial charge in [0.1, 0.15) is 0 Å². The highest BCUT2D eigenvalue weighted by Crippen LogP contribution is 2.30. The summed E-state index contributed by atoms with van der Waals surface area (Å²) in [4.78, 5) is 11.7. The molecule has 0 aliphatic heterocycles. The Morgan fingerprint density at radius 1 is 1.15 bits per heavy atom. The highest BCUT2D eigenvalue weighted by Gasteiger charge is 2.16. The van der Waals surface area contributed by atoms with E-state index in [4.69, 9.17) is 4.74 Å². The molecule has 2 rings (SSSR count). The van der Waals surface area contributed by atoms with Gasteiger partial charge in [-0.1, -0.05) is 30.3 Å². The number of nitrogens with zero attached hydrogens (tertiary/aromatic N) is 1.